The van der Waals surface area contributed by atoms with Crippen molar-refractivity contribution in [1.82, 2.24) is 10.3 Å². The predicted molar refractivity (Wildman–Crippen MR) is 68.8 cm³/mol. The fraction of sp³-hybridized carbons (Fsp3) is 0.231. The molecule has 2 rings (SSSR count). The van der Waals surface area contributed by atoms with E-state index in [0.717, 1.165) is 5.52 Å². The van der Waals surface area contributed by atoms with Crippen LogP contribution in [0.5, 0.6) is 0 Å². The van der Waals surface area contributed by atoms with E-state index in [-0.39, 0.29) is 16.9 Å². The van der Waals surface area contributed by atoms with Crippen molar-refractivity contribution in [1.29, 1.82) is 0 Å². The fourth-order valence-electron chi connectivity index (χ4n) is 1.70. The van der Waals surface area contributed by atoms with Crippen LogP contribution >= 0.6 is 0 Å². The normalized spacial score (nSPS) is 10.5. The summed E-state index contributed by atoms with van der Waals surface area (Å²) in [7, 11) is 1.55. The Bertz CT molecular complexity index is 619. The summed E-state index contributed by atoms with van der Waals surface area (Å²) in [4.78, 5) is 26.8. The van der Waals surface area contributed by atoms with E-state index < -0.39 is 0 Å². The highest BCUT2D eigenvalue weighted by molar-refractivity contribution is 5.97. The van der Waals surface area contributed by atoms with E-state index in [2.05, 4.69) is 10.3 Å². The summed E-state index contributed by atoms with van der Waals surface area (Å²) in [5, 5.41) is 3.13. The van der Waals surface area contributed by atoms with Crippen LogP contribution in [-0.2, 0) is 4.74 Å². The van der Waals surface area contributed by atoms with Crippen LogP contribution in [0.2, 0.25) is 0 Å². The lowest BCUT2D eigenvalue weighted by Crippen LogP contribution is -2.31. The number of rotatable bonds is 4. The first kappa shape index (κ1) is 12.3. The van der Waals surface area contributed by atoms with Gasteiger partial charge < -0.3 is 15.0 Å². The zero-order chi connectivity index (χ0) is 13.0. The molecule has 18 heavy (non-hydrogen) atoms. The number of nitrogens with one attached hydrogen (secondary N) is 2. The first-order chi connectivity index (χ1) is 8.74. The van der Waals surface area contributed by atoms with Crippen molar-refractivity contribution >= 4 is 16.8 Å². The molecular formula is C13H14N2O3. The van der Waals surface area contributed by atoms with Crippen LogP contribution in [0.4, 0.5) is 0 Å². The Balaban J connectivity index is 2.31. The van der Waals surface area contributed by atoms with Gasteiger partial charge in [-0.2, -0.15) is 0 Å². The van der Waals surface area contributed by atoms with Gasteiger partial charge in [0.15, 0.2) is 0 Å². The van der Waals surface area contributed by atoms with E-state index in [9.17, 15) is 9.59 Å². The number of methoxy groups -OCH3 is 1. The van der Waals surface area contributed by atoms with Gasteiger partial charge in [-0.3, -0.25) is 9.59 Å². The number of aromatic nitrogens is 1. The van der Waals surface area contributed by atoms with Crippen molar-refractivity contribution in [3.63, 3.8) is 0 Å². The molecule has 0 aliphatic heterocycles. The van der Waals surface area contributed by atoms with Crippen LogP contribution in [-0.4, -0.2) is 31.2 Å². The van der Waals surface area contributed by atoms with Crippen LogP contribution in [0.3, 0.4) is 0 Å². The Morgan fingerprint density at radius 1 is 1.39 bits per heavy atom. The molecule has 94 valence electrons. The van der Waals surface area contributed by atoms with Gasteiger partial charge in [-0.05, 0) is 12.1 Å². The topological polar surface area (TPSA) is 71.2 Å². The first-order valence-corrected chi connectivity index (χ1v) is 5.61. The van der Waals surface area contributed by atoms with Crippen molar-refractivity contribution in [3.05, 3.63) is 46.2 Å². The molecule has 1 aromatic carbocycles. The summed E-state index contributed by atoms with van der Waals surface area (Å²) in [6, 6.07) is 7.09. The Hall–Kier alpha value is -2.14. The number of hydrogen-bond donors (Lipinski definition) is 2. The molecule has 0 aliphatic rings. The molecule has 0 saturated carbocycles. The summed E-state index contributed by atoms with van der Waals surface area (Å²) in [6.45, 7) is 0.791. The van der Waals surface area contributed by atoms with Crippen LogP contribution < -0.4 is 10.7 Å². The van der Waals surface area contributed by atoms with Gasteiger partial charge in [0, 0.05) is 30.8 Å². The Morgan fingerprint density at radius 3 is 2.94 bits per heavy atom. The van der Waals surface area contributed by atoms with Gasteiger partial charge in [-0.15, -0.1) is 0 Å². The summed E-state index contributed by atoms with van der Waals surface area (Å²) < 4.78 is 4.83. The van der Waals surface area contributed by atoms with Gasteiger partial charge in [0.2, 0.25) is 5.43 Å². The van der Waals surface area contributed by atoms with E-state index in [1.54, 1.807) is 25.3 Å². The second-order valence-electron chi connectivity index (χ2n) is 3.83. The number of carbonyl (C=O) groups excluding carboxylic acids is 1. The van der Waals surface area contributed by atoms with Crippen LogP contribution in [0.15, 0.2) is 35.3 Å². The number of ether oxygens (including phenoxy) is 1. The monoisotopic (exact) mass is 246 g/mol. The largest absolute Gasteiger partial charge is 0.383 e. The maximum Gasteiger partial charge on any atom is 0.256 e. The van der Waals surface area contributed by atoms with Gasteiger partial charge >= 0.3 is 0 Å². The van der Waals surface area contributed by atoms with E-state index in [0.29, 0.717) is 18.5 Å². The van der Waals surface area contributed by atoms with Gasteiger partial charge in [-0.25, -0.2) is 0 Å². The third-order valence-corrected chi connectivity index (χ3v) is 2.62. The minimum atomic E-state index is -0.390. The number of hydrogen-bond acceptors (Lipinski definition) is 3. The van der Waals surface area contributed by atoms with Crippen molar-refractivity contribution in [2.45, 2.75) is 0 Å². The van der Waals surface area contributed by atoms with Crippen LogP contribution in [0.1, 0.15) is 10.4 Å². The highest BCUT2D eigenvalue weighted by Gasteiger charge is 2.11. The molecule has 0 aliphatic carbocycles. The molecule has 2 N–H and O–H groups in total. The Labute approximate surface area is 104 Å². The minimum Gasteiger partial charge on any atom is -0.383 e. The molecule has 0 radical (unpaired) electrons. The van der Waals surface area contributed by atoms with Gasteiger partial charge in [0.05, 0.1) is 6.61 Å². The lowest BCUT2D eigenvalue weighted by atomic mass is 10.1. The minimum absolute atomic E-state index is 0.116. The summed E-state index contributed by atoms with van der Waals surface area (Å²) in [6.07, 6.45) is 1.44. The number of pyridine rings is 1. The zero-order valence-electron chi connectivity index (χ0n) is 10.0. The van der Waals surface area contributed by atoms with Gasteiger partial charge in [-0.1, -0.05) is 12.1 Å². The van der Waals surface area contributed by atoms with Crippen LogP contribution in [0.25, 0.3) is 10.9 Å². The molecule has 5 heteroatoms. The summed E-state index contributed by atoms with van der Waals surface area (Å²) in [5.74, 6) is -0.390. The van der Waals surface area contributed by atoms with E-state index >= 15 is 0 Å². The second kappa shape index (κ2) is 5.46. The molecule has 0 saturated heterocycles. The highest BCUT2D eigenvalue weighted by Crippen LogP contribution is 2.06. The second-order valence-corrected chi connectivity index (χ2v) is 3.83. The first-order valence-electron chi connectivity index (χ1n) is 5.61. The lowest BCUT2D eigenvalue weighted by Gasteiger charge is -2.05. The molecule has 1 heterocycles. The third-order valence-electron chi connectivity index (χ3n) is 2.62. The highest BCUT2D eigenvalue weighted by atomic mass is 16.5. The average molecular weight is 246 g/mol. The lowest BCUT2D eigenvalue weighted by molar-refractivity contribution is 0.0936. The number of aromatic amines is 1. The van der Waals surface area contributed by atoms with Crippen molar-refractivity contribution < 1.29 is 9.53 Å². The molecule has 5 nitrogen and oxygen atoms in total. The number of benzene rings is 1. The third kappa shape index (κ3) is 2.41. The SMILES string of the molecule is COCCNC(=O)c1c[nH]c2ccccc2c1=O. The smallest absolute Gasteiger partial charge is 0.256 e. The molecule has 0 spiro atoms. The van der Waals surface area contributed by atoms with Gasteiger partial charge in [0.1, 0.15) is 5.56 Å². The zero-order valence-corrected chi connectivity index (χ0v) is 10.0. The molecule has 2 aromatic rings. The molecule has 0 bridgehead atoms. The fourth-order valence-corrected chi connectivity index (χ4v) is 1.70. The molecular weight excluding hydrogens is 232 g/mol. The van der Waals surface area contributed by atoms with E-state index in [4.69, 9.17) is 4.74 Å². The molecule has 0 fully saturated rings. The summed E-state index contributed by atoms with van der Waals surface area (Å²) >= 11 is 0. The van der Waals surface area contributed by atoms with Crippen LogP contribution in [0, 0.1) is 0 Å². The van der Waals surface area contributed by atoms with Crippen molar-refractivity contribution in [2.24, 2.45) is 0 Å². The van der Waals surface area contributed by atoms with Gasteiger partial charge in [0.25, 0.3) is 5.91 Å². The summed E-state index contributed by atoms with van der Waals surface area (Å²) in [5.41, 5.74) is 0.569. The molecule has 0 unspecified atom stereocenters. The van der Waals surface area contributed by atoms with Crippen molar-refractivity contribution in [2.75, 3.05) is 20.3 Å². The number of fused-ring (bicyclic) bond motifs is 1. The predicted octanol–water partition coefficient (Wildman–Crippen LogP) is 0.904. The number of carbonyl (C=O) groups is 1. The number of H-pyrrole nitrogens is 1. The van der Waals surface area contributed by atoms with E-state index in [1.807, 2.05) is 6.07 Å². The Morgan fingerprint density at radius 2 is 2.17 bits per heavy atom. The number of para-hydroxylation sites is 1. The standard InChI is InChI=1S/C13H14N2O3/c1-18-7-6-14-13(17)10-8-15-11-5-3-2-4-9(11)12(10)16/h2-5,8H,6-7H2,1H3,(H,14,17)(H,15,16). The van der Waals surface area contributed by atoms with Crippen molar-refractivity contribution in [3.8, 4) is 0 Å². The maximum absolute atomic E-state index is 12.1. The molecule has 1 amide bonds. The van der Waals surface area contributed by atoms with E-state index in [1.165, 1.54) is 6.20 Å². The maximum atomic E-state index is 12.1. The average Bonchev–Trinajstić information content (AvgIpc) is 2.39. The number of amides is 1. The quantitative estimate of drug-likeness (QED) is 0.787. The molecule has 1 aromatic heterocycles. The Kier molecular flexibility index (Phi) is 3.74. The molecule has 0 atom stereocenters.